The zero-order valence-electron chi connectivity index (χ0n) is 48.9. The number of rotatable bonds is 8. The molecule has 0 amide bonds. The highest BCUT2D eigenvalue weighted by Crippen LogP contribution is 2.52. The predicted molar refractivity (Wildman–Crippen MR) is 373 cm³/mol. The number of nitrogens with one attached hydrogen (secondary N) is 1. The molecule has 2 aromatic heterocycles. The summed E-state index contributed by atoms with van der Waals surface area (Å²) in [6.45, 7) is 0. The maximum absolute atomic E-state index is 6.28. The molecule has 14 heteroatoms. The molecule has 0 aliphatic carbocycles. The number of ether oxygens (including phenoxy) is 3. The van der Waals surface area contributed by atoms with Gasteiger partial charge in [0.2, 0.25) is 0 Å². The molecule has 0 atom stereocenters. The SMILES string of the molecule is Brc1cccc(-c2nc(-c3ccccc3)nc(-c3cccc(Br)c3)n2)c1.c1ccc(-c2nc(-c3cccc(N4c5ccccc5Oc5ccccc54)c3)nc(-c3cccc(N4c5ccccc5Oc5ccccc54)c3)n2)cc1.c1ccc2c(c1)Nc1ccccc1O2. The van der Waals surface area contributed by atoms with Gasteiger partial charge in [0.15, 0.2) is 69.4 Å². The second-order valence-electron chi connectivity index (χ2n) is 21.4. The lowest BCUT2D eigenvalue weighted by molar-refractivity contribution is 0.477. The van der Waals surface area contributed by atoms with Crippen LogP contribution < -0.4 is 29.3 Å². The normalized spacial score (nSPS) is 11.9. The van der Waals surface area contributed by atoms with Gasteiger partial charge in [-0.3, -0.25) is 0 Å². The van der Waals surface area contributed by atoms with E-state index in [1.165, 1.54) is 0 Å². The third-order valence-corrected chi connectivity index (χ3v) is 16.3. The van der Waals surface area contributed by atoms with Crippen LogP contribution in [0.4, 0.5) is 45.5 Å². The number of hydrogen-bond donors (Lipinski definition) is 1. The monoisotopic (exact) mass is 1320 g/mol. The van der Waals surface area contributed by atoms with E-state index in [1.807, 2.05) is 255 Å². The van der Waals surface area contributed by atoms with Crippen molar-refractivity contribution in [2.75, 3.05) is 15.1 Å². The number of aromatic nitrogens is 6. The Labute approximate surface area is 548 Å². The smallest absolute Gasteiger partial charge is 0.164 e. The first-order chi connectivity index (χ1) is 45.4. The molecular weight excluding hydrogens is 1270 g/mol. The van der Waals surface area contributed by atoms with Crippen LogP contribution in [0.1, 0.15) is 0 Å². The fraction of sp³-hybridized carbons (Fsp3) is 0. The second-order valence-corrected chi connectivity index (χ2v) is 23.3. The minimum absolute atomic E-state index is 0.577. The maximum Gasteiger partial charge on any atom is 0.164 e. The highest BCUT2D eigenvalue weighted by atomic mass is 79.9. The van der Waals surface area contributed by atoms with Crippen LogP contribution in [0, 0.1) is 0 Å². The van der Waals surface area contributed by atoms with E-state index >= 15 is 0 Å². The molecule has 0 saturated carbocycles. The molecule has 17 rings (SSSR count). The van der Waals surface area contributed by atoms with E-state index in [0.29, 0.717) is 34.9 Å². The van der Waals surface area contributed by atoms with E-state index < -0.39 is 0 Å². The average Bonchev–Trinajstić information content (AvgIpc) is 0.846. The molecule has 1 N–H and O–H groups in total. The number of hydrogen-bond acceptors (Lipinski definition) is 12. The third-order valence-electron chi connectivity index (χ3n) is 15.4. The zero-order chi connectivity index (χ0) is 61.7. The van der Waals surface area contributed by atoms with Gasteiger partial charge in [-0.1, -0.05) is 214 Å². The van der Waals surface area contributed by atoms with Gasteiger partial charge in [-0.25, -0.2) is 29.9 Å². The average molecular weight is 1320 g/mol. The molecule has 0 spiro atoms. The summed E-state index contributed by atoms with van der Waals surface area (Å²) in [5.41, 5.74) is 13.3. The van der Waals surface area contributed by atoms with Crippen molar-refractivity contribution in [3.05, 3.63) is 312 Å². The van der Waals surface area contributed by atoms with Crippen molar-refractivity contribution in [1.82, 2.24) is 29.9 Å². The molecule has 3 aliphatic heterocycles. The number of para-hydroxylation sites is 12. The Bertz CT molecular complexity index is 4640. The molecule has 12 aromatic carbocycles. The standard InChI is InChI=1S/C45H29N5O2.C21H13Br2N3.C12H9NO/c1-2-14-30(15-3-1)43-46-44(31-16-12-18-33(28-31)49-35-20-4-8-24-39(35)51-40-25-9-5-21-36(40)49)48-45(47-43)32-17-13-19-34(29-32)50-37-22-6-10-26-41(37)52-42-27-11-7-23-38(42)50;22-17-10-4-8-15(12-17)20-24-19(14-6-2-1-3-7-14)25-21(26-20)16-9-5-11-18(23)13-16;1-3-7-11-9(5-1)13-10-6-2-4-8-12(10)14-11/h1-29H;1-13H;1-8,13H. The Morgan fingerprint density at radius 3 is 0.848 bits per heavy atom. The Balaban J connectivity index is 0.000000144. The van der Waals surface area contributed by atoms with E-state index in [0.717, 1.165) is 122 Å². The zero-order valence-corrected chi connectivity index (χ0v) is 52.1. The molecule has 0 fully saturated rings. The Morgan fingerprint density at radius 1 is 0.239 bits per heavy atom. The fourth-order valence-corrected chi connectivity index (χ4v) is 11.9. The molecule has 5 heterocycles. The van der Waals surface area contributed by atoms with Crippen LogP contribution in [0.15, 0.2) is 312 Å². The first-order valence-electron chi connectivity index (χ1n) is 29.7. The minimum atomic E-state index is 0.577. The van der Waals surface area contributed by atoms with Crippen molar-refractivity contribution in [3.8, 4) is 103 Å². The number of nitrogens with zero attached hydrogens (tertiary/aromatic N) is 8. The van der Waals surface area contributed by atoms with Crippen molar-refractivity contribution in [2.24, 2.45) is 0 Å². The summed E-state index contributed by atoms with van der Waals surface area (Å²) in [6, 6.07) is 101. The topological polar surface area (TPSA) is 124 Å². The molecular formula is C78H51Br2N9O3. The Hall–Kier alpha value is -11.6. The lowest BCUT2D eigenvalue weighted by Gasteiger charge is -2.33. The summed E-state index contributed by atoms with van der Waals surface area (Å²) in [7, 11) is 0. The maximum atomic E-state index is 6.28. The summed E-state index contributed by atoms with van der Waals surface area (Å²) in [5.74, 6) is 8.66. The van der Waals surface area contributed by atoms with E-state index in [9.17, 15) is 0 Å². The van der Waals surface area contributed by atoms with Crippen molar-refractivity contribution in [2.45, 2.75) is 0 Å². The molecule has 0 radical (unpaired) electrons. The highest BCUT2D eigenvalue weighted by molar-refractivity contribution is 9.10. The molecule has 92 heavy (non-hydrogen) atoms. The number of halogens is 2. The second kappa shape index (κ2) is 25.5. The minimum Gasteiger partial charge on any atom is -0.453 e. The fourth-order valence-electron chi connectivity index (χ4n) is 11.1. The lowest BCUT2D eigenvalue weighted by atomic mass is 10.1. The summed E-state index contributed by atoms with van der Waals surface area (Å²) in [5, 5.41) is 3.32. The predicted octanol–water partition coefficient (Wildman–Crippen LogP) is 22.0. The van der Waals surface area contributed by atoms with Gasteiger partial charge in [0.25, 0.3) is 0 Å². The largest absolute Gasteiger partial charge is 0.453 e. The van der Waals surface area contributed by atoms with Crippen molar-refractivity contribution >= 4 is 77.4 Å². The highest BCUT2D eigenvalue weighted by Gasteiger charge is 2.28. The molecule has 0 bridgehead atoms. The van der Waals surface area contributed by atoms with Gasteiger partial charge in [-0.2, -0.15) is 0 Å². The first-order valence-corrected chi connectivity index (χ1v) is 31.3. The van der Waals surface area contributed by atoms with Crippen LogP contribution in [-0.2, 0) is 0 Å². The van der Waals surface area contributed by atoms with Gasteiger partial charge in [-0.05, 0) is 121 Å². The molecule has 440 valence electrons. The third kappa shape index (κ3) is 11.9. The van der Waals surface area contributed by atoms with Crippen LogP contribution >= 0.6 is 31.9 Å². The van der Waals surface area contributed by atoms with E-state index in [4.69, 9.17) is 44.1 Å². The van der Waals surface area contributed by atoms with Crippen LogP contribution in [-0.4, -0.2) is 29.9 Å². The van der Waals surface area contributed by atoms with Crippen LogP contribution in [0.5, 0.6) is 34.5 Å². The molecule has 14 aromatic rings. The van der Waals surface area contributed by atoms with E-state index in [1.54, 1.807) is 0 Å². The van der Waals surface area contributed by atoms with Crippen molar-refractivity contribution in [3.63, 3.8) is 0 Å². The summed E-state index contributed by atoms with van der Waals surface area (Å²) >= 11 is 7.04. The van der Waals surface area contributed by atoms with Crippen LogP contribution in [0.3, 0.4) is 0 Å². The molecule has 3 aliphatic rings. The number of anilines is 8. The van der Waals surface area contributed by atoms with E-state index in [-0.39, 0.29) is 0 Å². The van der Waals surface area contributed by atoms with Gasteiger partial charge in [0.1, 0.15) is 0 Å². The Kier molecular flexibility index (Phi) is 15.8. The Morgan fingerprint density at radius 2 is 0.500 bits per heavy atom. The molecule has 0 unspecified atom stereocenters. The molecule has 12 nitrogen and oxygen atoms in total. The lowest BCUT2D eigenvalue weighted by Crippen LogP contribution is -2.15. The van der Waals surface area contributed by atoms with Gasteiger partial charge in [0, 0.05) is 53.7 Å². The van der Waals surface area contributed by atoms with Crippen molar-refractivity contribution < 1.29 is 14.2 Å². The van der Waals surface area contributed by atoms with Gasteiger partial charge in [-0.15, -0.1) is 0 Å². The van der Waals surface area contributed by atoms with E-state index in [2.05, 4.69) is 95.5 Å². The summed E-state index contributed by atoms with van der Waals surface area (Å²) in [6.07, 6.45) is 0. The van der Waals surface area contributed by atoms with Gasteiger partial charge in [0.05, 0.1) is 34.1 Å². The van der Waals surface area contributed by atoms with Gasteiger partial charge >= 0.3 is 0 Å². The van der Waals surface area contributed by atoms with Crippen molar-refractivity contribution in [1.29, 1.82) is 0 Å². The first kappa shape index (κ1) is 56.9. The van der Waals surface area contributed by atoms with Crippen LogP contribution in [0.25, 0.3) is 68.3 Å². The number of benzene rings is 12. The molecule has 0 saturated heterocycles. The van der Waals surface area contributed by atoms with Crippen LogP contribution in [0.2, 0.25) is 0 Å². The quantitative estimate of drug-likeness (QED) is 0.156. The summed E-state index contributed by atoms with van der Waals surface area (Å²) in [4.78, 5) is 33.8. The van der Waals surface area contributed by atoms with Gasteiger partial charge < -0.3 is 29.3 Å². The summed E-state index contributed by atoms with van der Waals surface area (Å²) < 4.78 is 20.3. The number of fused-ring (bicyclic) bond motifs is 6.